The van der Waals surface area contributed by atoms with Crippen LogP contribution in [0, 0.1) is 5.92 Å². The quantitative estimate of drug-likeness (QED) is 0.768. The maximum atomic E-state index is 11.5. The van der Waals surface area contributed by atoms with Gasteiger partial charge >= 0.3 is 5.97 Å². The van der Waals surface area contributed by atoms with E-state index in [-0.39, 0.29) is 11.8 Å². The molecule has 122 valence electrons. The van der Waals surface area contributed by atoms with Crippen LogP contribution in [0.15, 0.2) is 30.5 Å². The molecule has 0 amide bonds. The van der Waals surface area contributed by atoms with Gasteiger partial charge in [0, 0.05) is 31.4 Å². The zero-order valence-electron chi connectivity index (χ0n) is 13.1. The average Bonchev–Trinajstić information content (AvgIpc) is 2.99. The van der Waals surface area contributed by atoms with Crippen molar-refractivity contribution in [2.24, 2.45) is 13.0 Å². The zero-order valence-corrected chi connectivity index (χ0v) is 13.1. The third-order valence-corrected chi connectivity index (χ3v) is 4.24. The summed E-state index contributed by atoms with van der Waals surface area (Å²) in [6.45, 7) is 2.05. The molecule has 7 heteroatoms. The van der Waals surface area contributed by atoms with E-state index in [0.717, 1.165) is 23.5 Å². The molecule has 1 saturated heterocycles. The smallest absolute Gasteiger partial charge is 0.307 e. The van der Waals surface area contributed by atoms with Crippen LogP contribution >= 0.6 is 0 Å². The van der Waals surface area contributed by atoms with Crippen LogP contribution in [0.25, 0.3) is 0 Å². The zero-order chi connectivity index (χ0) is 16.2. The van der Waals surface area contributed by atoms with Crippen LogP contribution in [0.1, 0.15) is 23.6 Å². The van der Waals surface area contributed by atoms with Crippen LogP contribution < -0.4 is 10.6 Å². The normalized spacial score (nSPS) is 21.1. The first kappa shape index (κ1) is 15.5. The van der Waals surface area contributed by atoms with Crippen molar-refractivity contribution in [3.8, 4) is 0 Å². The second-order valence-corrected chi connectivity index (χ2v) is 5.91. The summed E-state index contributed by atoms with van der Waals surface area (Å²) in [4.78, 5) is 11.5. The first-order valence-corrected chi connectivity index (χ1v) is 7.76. The summed E-state index contributed by atoms with van der Waals surface area (Å²) >= 11 is 0. The lowest BCUT2D eigenvalue weighted by molar-refractivity contribution is -0.143. The largest absolute Gasteiger partial charge is 0.481 e. The summed E-state index contributed by atoms with van der Waals surface area (Å²) in [5, 5.41) is 24.0. The Balaban J connectivity index is 1.72. The Kier molecular flexibility index (Phi) is 4.57. The van der Waals surface area contributed by atoms with Gasteiger partial charge in [0.1, 0.15) is 5.69 Å². The topological polar surface area (TPSA) is 92.1 Å². The lowest BCUT2D eigenvalue weighted by Crippen LogP contribution is -2.38. The minimum atomic E-state index is -0.713. The van der Waals surface area contributed by atoms with Gasteiger partial charge in [-0.1, -0.05) is 17.3 Å². The molecular weight excluding hydrogens is 294 g/mol. The molecule has 2 heterocycles. The fraction of sp³-hybridized carbons (Fsp3) is 0.438. The van der Waals surface area contributed by atoms with E-state index >= 15 is 0 Å². The number of aryl methyl sites for hydroxylation is 1. The van der Waals surface area contributed by atoms with E-state index in [9.17, 15) is 9.90 Å². The number of hydrogen-bond acceptors (Lipinski definition) is 5. The minimum absolute atomic E-state index is 0.000447. The molecule has 3 N–H and O–H groups in total. The van der Waals surface area contributed by atoms with Crippen molar-refractivity contribution in [1.82, 2.24) is 20.3 Å². The monoisotopic (exact) mass is 315 g/mol. The van der Waals surface area contributed by atoms with Gasteiger partial charge in [-0.3, -0.25) is 9.48 Å². The lowest BCUT2D eigenvalue weighted by atomic mass is 9.81. The molecule has 7 nitrogen and oxygen atoms in total. The van der Waals surface area contributed by atoms with Crippen LogP contribution in [-0.2, 0) is 18.4 Å². The number of carbonyl (C=O) groups is 1. The van der Waals surface area contributed by atoms with Gasteiger partial charge in [0.2, 0.25) is 0 Å². The highest BCUT2D eigenvalue weighted by molar-refractivity contribution is 5.72. The van der Waals surface area contributed by atoms with Crippen molar-refractivity contribution in [1.29, 1.82) is 0 Å². The number of nitrogens with one attached hydrogen (secondary N) is 2. The number of nitrogens with zero attached hydrogens (tertiary/aromatic N) is 3. The summed E-state index contributed by atoms with van der Waals surface area (Å²) in [5.41, 5.74) is 2.87. The van der Waals surface area contributed by atoms with Gasteiger partial charge in [-0.05, 0) is 30.7 Å². The second-order valence-electron chi connectivity index (χ2n) is 5.91. The summed E-state index contributed by atoms with van der Waals surface area (Å²) in [5.74, 6) is -1.04. The molecule has 1 fully saturated rings. The number of aliphatic carboxylic acids is 1. The van der Waals surface area contributed by atoms with Gasteiger partial charge in [0.05, 0.1) is 12.5 Å². The number of piperidine rings is 1. The van der Waals surface area contributed by atoms with Gasteiger partial charge in [-0.15, -0.1) is 5.10 Å². The predicted octanol–water partition coefficient (Wildman–Crippen LogP) is 1.20. The summed E-state index contributed by atoms with van der Waals surface area (Å²) in [7, 11) is 1.83. The highest BCUT2D eigenvalue weighted by atomic mass is 16.4. The highest BCUT2D eigenvalue weighted by Gasteiger charge is 2.31. The molecule has 0 saturated carbocycles. The van der Waals surface area contributed by atoms with Crippen molar-refractivity contribution in [3.63, 3.8) is 0 Å². The molecule has 2 aromatic rings. The van der Waals surface area contributed by atoms with Gasteiger partial charge in [-0.25, -0.2) is 0 Å². The molecule has 2 unspecified atom stereocenters. The molecule has 0 bridgehead atoms. The highest BCUT2D eigenvalue weighted by Crippen LogP contribution is 2.31. The van der Waals surface area contributed by atoms with Crippen LogP contribution in [0.4, 0.5) is 5.69 Å². The Morgan fingerprint density at radius 2 is 2.39 bits per heavy atom. The van der Waals surface area contributed by atoms with Gasteiger partial charge in [0.15, 0.2) is 0 Å². The Bertz CT molecular complexity index is 685. The molecule has 1 aliphatic heterocycles. The lowest BCUT2D eigenvalue weighted by Gasteiger charge is -2.29. The van der Waals surface area contributed by atoms with E-state index in [1.807, 2.05) is 37.5 Å². The SMILES string of the molecule is Cn1cc(CNc2cccc(C3CNCCC3C(=O)O)c2)nn1. The van der Waals surface area contributed by atoms with Gasteiger partial charge in [0.25, 0.3) is 0 Å². The van der Waals surface area contributed by atoms with E-state index in [1.54, 1.807) is 4.68 Å². The second kappa shape index (κ2) is 6.78. The number of carboxylic acid groups (broad SMARTS) is 1. The van der Waals surface area contributed by atoms with Gasteiger partial charge in [-0.2, -0.15) is 0 Å². The number of anilines is 1. The molecule has 23 heavy (non-hydrogen) atoms. The first-order chi connectivity index (χ1) is 11.1. The third-order valence-electron chi connectivity index (χ3n) is 4.24. The Hall–Kier alpha value is -2.41. The number of carboxylic acids is 1. The van der Waals surface area contributed by atoms with Crippen LogP contribution in [0.2, 0.25) is 0 Å². The fourth-order valence-corrected chi connectivity index (χ4v) is 3.05. The molecule has 0 aliphatic carbocycles. The van der Waals surface area contributed by atoms with Crippen molar-refractivity contribution < 1.29 is 9.90 Å². The Morgan fingerprint density at radius 1 is 1.52 bits per heavy atom. The molecular formula is C16H21N5O2. The first-order valence-electron chi connectivity index (χ1n) is 7.76. The van der Waals surface area contributed by atoms with E-state index in [2.05, 4.69) is 20.9 Å². The Labute approximate surface area is 134 Å². The van der Waals surface area contributed by atoms with Crippen LogP contribution in [0.5, 0.6) is 0 Å². The molecule has 1 aromatic carbocycles. The summed E-state index contributed by atoms with van der Waals surface area (Å²) < 4.78 is 1.67. The van der Waals surface area contributed by atoms with Crippen LogP contribution in [-0.4, -0.2) is 39.2 Å². The molecule has 1 aromatic heterocycles. The number of hydrogen-bond donors (Lipinski definition) is 3. The summed E-state index contributed by atoms with van der Waals surface area (Å²) in [6.07, 6.45) is 2.53. The molecule has 1 aliphatic rings. The van der Waals surface area contributed by atoms with Gasteiger partial charge < -0.3 is 15.7 Å². The maximum absolute atomic E-state index is 11.5. The van der Waals surface area contributed by atoms with E-state index < -0.39 is 5.97 Å². The predicted molar refractivity (Wildman–Crippen MR) is 86.1 cm³/mol. The average molecular weight is 315 g/mol. The number of benzene rings is 1. The molecule has 0 radical (unpaired) electrons. The van der Waals surface area contributed by atoms with Crippen LogP contribution in [0.3, 0.4) is 0 Å². The van der Waals surface area contributed by atoms with Crippen molar-refractivity contribution in [2.45, 2.75) is 18.9 Å². The number of aromatic nitrogens is 3. The Morgan fingerprint density at radius 3 is 3.13 bits per heavy atom. The van der Waals surface area contributed by atoms with E-state index in [4.69, 9.17) is 0 Å². The molecule has 3 rings (SSSR count). The fourth-order valence-electron chi connectivity index (χ4n) is 3.05. The maximum Gasteiger partial charge on any atom is 0.307 e. The van der Waals surface area contributed by atoms with Crippen molar-refractivity contribution in [2.75, 3.05) is 18.4 Å². The third kappa shape index (κ3) is 3.68. The molecule has 2 atom stereocenters. The van der Waals surface area contributed by atoms with Crippen molar-refractivity contribution >= 4 is 11.7 Å². The number of rotatable bonds is 5. The van der Waals surface area contributed by atoms with E-state index in [1.165, 1.54) is 0 Å². The summed E-state index contributed by atoms with van der Waals surface area (Å²) in [6, 6.07) is 7.97. The van der Waals surface area contributed by atoms with E-state index in [0.29, 0.717) is 19.5 Å². The van der Waals surface area contributed by atoms with Crippen molar-refractivity contribution in [3.05, 3.63) is 41.7 Å². The molecule has 0 spiro atoms. The standard InChI is InChI=1S/C16H21N5O2/c1-21-10-13(19-20-21)8-18-12-4-2-3-11(7-12)15-9-17-6-5-14(15)16(22)23/h2-4,7,10,14-15,17-18H,5-6,8-9H2,1H3,(H,22,23). The minimum Gasteiger partial charge on any atom is -0.481 e.